The average molecular weight is 283 g/mol. The van der Waals surface area contributed by atoms with Gasteiger partial charge in [0.15, 0.2) is 11.6 Å². The summed E-state index contributed by atoms with van der Waals surface area (Å²) < 4.78 is 23.9. The van der Waals surface area contributed by atoms with E-state index in [9.17, 15) is 9.18 Å². The lowest BCUT2D eigenvalue weighted by atomic mass is 9.95. The first-order valence-electron chi connectivity index (χ1n) is 6.61. The van der Waals surface area contributed by atoms with Crippen molar-refractivity contribution in [3.8, 4) is 5.75 Å². The first kappa shape index (κ1) is 16.4. The van der Waals surface area contributed by atoms with Gasteiger partial charge in [-0.25, -0.2) is 4.39 Å². The first-order valence-corrected chi connectivity index (χ1v) is 6.61. The summed E-state index contributed by atoms with van der Waals surface area (Å²) in [6, 6.07) is 4.81. The minimum Gasteiger partial charge on any atom is -0.489 e. The summed E-state index contributed by atoms with van der Waals surface area (Å²) in [5.74, 6) is -0.676. The number of nitrogens with one attached hydrogen (secondary N) is 1. The van der Waals surface area contributed by atoms with Gasteiger partial charge in [0.2, 0.25) is 0 Å². The van der Waals surface area contributed by atoms with Gasteiger partial charge in [0.1, 0.15) is 6.61 Å². The molecule has 0 aliphatic heterocycles. The normalized spacial score (nSPS) is 11.2. The molecule has 1 aromatic carbocycles. The van der Waals surface area contributed by atoms with Crippen LogP contribution in [-0.2, 0) is 16.1 Å². The lowest BCUT2D eigenvalue weighted by molar-refractivity contribution is -0.152. The number of rotatable bonds is 7. The van der Waals surface area contributed by atoms with E-state index in [4.69, 9.17) is 4.74 Å². The smallest absolute Gasteiger partial charge is 0.314 e. The number of ether oxygens (including phenoxy) is 2. The molecule has 4 nitrogen and oxygen atoms in total. The molecule has 0 saturated carbocycles. The number of halogens is 1. The number of carbonyl (C=O) groups excluding carboxylic acids is 1. The molecule has 0 aliphatic rings. The van der Waals surface area contributed by atoms with E-state index in [0.717, 1.165) is 12.1 Å². The maximum Gasteiger partial charge on any atom is 0.314 e. The number of hydrogen-bond acceptors (Lipinski definition) is 4. The highest BCUT2D eigenvalue weighted by Gasteiger charge is 2.30. The second kappa shape index (κ2) is 7.24. The first-order chi connectivity index (χ1) is 9.40. The van der Waals surface area contributed by atoms with Gasteiger partial charge in [-0.2, -0.15) is 0 Å². The Hall–Kier alpha value is -1.62. The molecular weight excluding hydrogens is 261 g/mol. The Balaban J connectivity index is 2.67. The lowest BCUT2D eigenvalue weighted by Gasteiger charge is -2.21. The van der Waals surface area contributed by atoms with Crippen molar-refractivity contribution < 1.29 is 18.7 Å². The van der Waals surface area contributed by atoms with Crippen molar-refractivity contribution in [2.75, 3.05) is 20.3 Å². The highest BCUT2D eigenvalue weighted by atomic mass is 19.1. The predicted molar refractivity (Wildman–Crippen MR) is 75.1 cm³/mol. The van der Waals surface area contributed by atoms with Crippen LogP contribution in [-0.4, -0.2) is 26.2 Å². The molecular formula is C15H22FNO3. The molecule has 0 aromatic heterocycles. The van der Waals surface area contributed by atoms with Crippen LogP contribution in [0.5, 0.6) is 5.75 Å². The Bertz CT molecular complexity index is 460. The van der Waals surface area contributed by atoms with Gasteiger partial charge in [0, 0.05) is 6.54 Å². The quantitative estimate of drug-likeness (QED) is 0.781. The summed E-state index contributed by atoms with van der Waals surface area (Å²) in [6.45, 7) is 6.87. The van der Waals surface area contributed by atoms with Gasteiger partial charge in [-0.05, 0) is 38.1 Å². The number of hydrogen-bond donors (Lipinski definition) is 1. The van der Waals surface area contributed by atoms with Gasteiger partial charge in [-0.3, -0.25) is 4.79 Å². The zero-order valence-corrected chi connectivity index (χ0v) is 12.5. The number of benzene rings is 1. The summed E-state index contributed by atoms with van der Waals surface area (Å²) >= 11 is 0. The van der Waals surface area contributed by atoms with Crippen LogP contribution >= 0.6 is 0 Å². The number of esters is 1. The van der Waals surface area contributed by atoms with E-state index >= 15 is 0 Å². The minimum atomic E-state index is -0.816. The topological polar surface area (TPSA) is 47.6 Å². The second-order valence-electron chi connectivity index (χ2n) is 5.21. The van der Waals surface area contributed by atoms with Crippen molar-refractivity contribution in [2.24, 2.45) is 5.41 Å². The standard InChI is InChI=1S/C15H22FNO3/c1-5-17-9-11-6-7-13(12(16)8-11)20-10-15(2,3)14(18)19-4/h6-8,17H,5,9-10H2,1-4H3. The van der Waals surface area contributed by atoms with Crippen LogP contribution in [0.25, 0.3) is 0 Å². The molecule has 20 heavy (non-hydrogen) atoms. The Labute approximate surface area is 119 Å². The van der Waals surface area contributed by atoms with E-state index in [0.29, 0.717) is 6.54 Å². The molecule has 0 saturated heterocycles. The summed E-state index contributed by atoms with van der Waals surface area (Å²) in [6.07, 6.45) is 0. The Morgan fingerprint density at radius 1 is 1.40 bits per heavy atom. The Morgan fingerprint density at radius 2 is 2.10 bits per heavy atom. The van der Waals surface area contributed by atoms with Crippen LogP contribution in [0.15, 0.2) is 18.2 Å². The van der Waals surface area contributed by atoms with Crippen LogP contribution in [0.2, 0.25) is 0 Å². The third kappa shape index (κ3) is 4.49. The van der Waals surface area contributed by atoms with E-state index < -0.39 is 11.2 Å². The molecule has 0 radical (unpaired) electrons. The highest BCUT2D eigenvalue weighted by Crippen LogP contribution is 2.23. The molecule has 0 bridgehead atoms. The summed E-state index contributed by atoms with van der Waals surface area (Å²) in [5, 5.41) is 3.12. The van der Waals surface area contributed by atoms with Crippen LogP contribution < -0.4 is 10.1 Å². The van der Waals surface area contributed by atoms with Crippen molar-refractivity contribution in [3.63, 3.8) is 0 Å². The van der Waals surface area contributed by atoms with Gasteiger partial charge >= 0.3 is 5.97 Å². The Kier molecular flexibility index (Phi) is 5.95. The third-order valence-electron chi connectivity index (χ3n) is 2.90. The summed E-state index contributed by atoms with van der Waals surface area (Å²) in [7, 11) is 1.32. The molecule has 0 spiro atoms. The van der Waals surface area contributed by atoms with E-state index in [2.05, 4.69) is 10.1 Å². The molecule has 112 valence electrons. The van der Waals surface area contributed by atoms with Gasteiger partial charge in [0.05, 0.1) is 12.5 Å². The Morgan fingerprint density at radius 3 is 2.65 bits per heavy atom. The monoisotopic (exact) mass is 283 g/mol. The van der Waals surface area contributed by atoms with Crippen molar-refractivity contribution in [3.05, 3.63) is 29.6 Å². The van der Waals surface area contributed by atoms with Crippen molar-refractivity contribution in [2.45, 2.75) is 27.3 Å². The van der Waals surface area contributed by atoms with Gasteiger partial charge < -0.3 is 14.8 Å². The predicted octanol–water partition coefficient (Wildman–Crippen LogP) is 2.51. The maximum atomic E-state index is 13.9. The number of carbonyl (C=O) groups is 1. The minimum absolute atomic E-state index is 0.0587. The summed E-state index contributed by atoms with van der Waals surface area (Å²) in [4.78, 5) is 11.5. The molecule has 0 atom stereocenters. The van der Waals surface area contributed by atoms with E-state index in [-0.39, 0.29) is 18.3 Å². The fraction of sp³-hybridized carbons (Fsp3) is 0.533. The zero-order valence-electron chi connectivity index (χ0n) is 12.5. The van der Waals surface area contributed by atoms with Gasteiger partial charge in [0.25, 0.3) is 0 Å². The SMILES string of the molecule is CCNCc1ccc(OCC(C)(C)C(=O)OC)c(F)c1. The summed E-state index contributed by atoms with van der Waals surface area (Å²) in [5.41, 5.74) is 0.0350. The molecule has 0 fully saturated rings. The molecule has 0 aliphatic carbocycles. The molecule has 0 amide bonds. The third-order valence-corrected chi connectivity index (χ3v) is 2.90. The lowest BCUT2D eigenvalue weighted by Crippen LogP contribution is -2.32. The molecule has 1 aromatic rings. The average Bonchev–Trinajstić information content (AvgIpc) is 2.43. The van der Waals surface area contributed by atoms with Crippen LogP contribution in [0, 0.1) is 11.2 Å². The van der Waals surface area contributed by atoms with Gasteiger partial charge in [-0.15, -0.1) is 0 Å². The molecule has 0 heterocycles. The molecule has 1 N–H and O–H groups in total. The van der Waals surface area contributed by atoms with Crippen LogP contribution in [0.1, 0.15) is 26.3 Å². The van der Waals surface area contributed by atoms with E-state index in [1.165, 1.54) is 13.2 Å². The van der Waals surface area contributed by atoms with Crippen molar-refractivity contribution in [1.29, 1.82) is 0 Å². The molecule has 0 unspecified atom stereocenters. The fourth-order valence-corrected chi connectivity index (χ4v) is 1.63. The fourth-order valence-electron chi connectivity index (χ4n) is 1.63. The van der Waals surface area contributed by atoms with Crippen molar-refractivity contribution >= 4 is 5.97 Å². The van der Waals surface area contributed by atoms with Gasteiger partial charge in [-0.1, -0.05) is 13.0 Å². The second-order valence-corrected chi connectivity index (χ2v) is 5.21. The zero-order chi connectivity index (χ0) is 15.2. The van der Waals surface area contributed by atoms with Crippen LogP contribution in [0.3, 0.4) is 0 Å². The largest absolute Gasteiger partial charge is 0.489 e. The number of methoxy groups -OCH3 is 1. The molecule has 5 heteroatoms. The highest BCUT2D eigenvalue weighted by molar-refractivity contribution is 5.75. The maximum absolute atomic E-state index is 13.9. The van der Waals surface area contributed by atoms with Crippen LogP contribution in [0.4, 0.5) is 4.39 Å². The molecule has 1 rings (SSSR count). The van der Waals surface area contributed by atoms with Crippen molar-refractivity contribution in [1.82, 2.24) is 5.32 Å². The van der Waals surface area contributed by atoms with E-state index in [1.54, 1.807) is 26.0 Å². The van der Waals surface area contributed by atoms with E-state index in [1.807, 2.05) is 6.92 Å².